The molecule has 1 N–H and O–H groups in total. The first kappa shape index (κ1) is 12.1. The molecule has 0 amide bonds. The molecular weight excluding hydrogens is 240 g/mol. The van der Waals surface area contributed by atoms with E-state index < -0.39 is 5.97 Å². The molecule has 0 aliphatic heterocycles. The Bertz CT molecular complexity index is 677. The smallest absolute Gasteiger partial charge is 0.337 e. The van der Waals surface area contributed by atoms with E-state index in [0.717, 1.165) is 30.3 Å². The summed E-state index contributed by atoms with van der Waals surface area (Å²) < 4.78 is 0. The van der Waals surface area contributed by atoms with Crippen molar-refractivity contribution in [3.05, 3.63) is 35.2 Å². The molecule has 4 heteroatoms. The van der Waals surface area contributed by atoms with Crippen LogP contribution in [0.25, 0.3) is 11.0 Å². The van der Waals surface area contributed by atoms with Crippen LogP contribution < -0.4 is 0 Å². The second-order valence-corrected chi connectivity index (χ2v) is 6.01. The van der Waals surface area contributed by atoms with Crippen LogP contribution in [0.15, 0.2) is 18.3 Å². The third-order valence-electron chi connectivity index (χ3n) is 3.79. The molecule has 0 bridgehead atoms. The van der Waals surface area contributed by atoms with E-state index in [9.17, 15) is 4.79 Å². The van der Waals surface area contributed by atoms with E-state index in [1.807, 2.05) is 0 Å². The lowest BCUT2D eigenvalue weighted by Crippen LogP contribution is -2.23. The molecule has 0 saturated heterocycles. The summed E-state index contributed by atoms with van der Waals surface area (Å²) in [5.41, 5.74) is 3.49. The number of fused-ring (bicyclic) bond motifs is 2. The van der Waals surface area contributed by atoms with Crippen LogP contribution in [-0.4, -0.2) is 21.0 Å². The molecule has 2 heterocycles. The van der Waals surface area contributed by atoms with Gasteiger partial charge in [0.05, 0.1) is 5.56 Å². The summed E-state index contributed by atoms with van der Waals surface area (Å²) in [6, 6.07) is 3.71. The third-order valence-corrected chi connectivity index (χ3v) is 3.79. The molecule has 0 spiro atoms. The molecule has 4 nitrogen and oxygen atoms in total. The molecule has 3 rings (SSSR count). The van der Waals surface area contributed by atoms with Crippen molar-refractivity contribution in [3.8, 4) is 0 Å². The van der Waals surface area contributed by atoms with Gasteiger partial charge in [0.1, 0.15) is 0 Å². The Morgan fingerprint density at radius 2 is 2.16 bits per heavy atom. The standard InChI is InChI=1S/C15H16N2O2/c1-15(2)4-3-12-10(7-15)5-9-6-11(14(18)19)8-16-13(9)17-12/h5-6,8H,3-4,7H2,1-2H3,(H,18,19). The molecule has 19 heavy (non-hydrogen) atoms. The van der Waals surface area contributed by atoms with Gasteiger partial charge >= 0.3 is 5.97 Å². The highest BCUT2D eigenvalue weighted by atomic mass is 16.4. The van der Waals surface area contributed by atoms with Crippen molar-refractivity contribution in [1.29, 1.82) is 0 Å². The van der Waals surface area contributed by atoms with Crippen LogP contribution >= 0.6 is 0 Å². The topological polar surface area (TPSA) is 63.1 Å². The summed E-state index contributed by atoms with van der Waals surface area (Å²) >= 11 is 0. The summed E-state index contributed by atoms with van der Waals surface area (Å²) in [5, 5.41) is 9.82. The number of carbonyl (C=O) groups is 1. The van der Waals surface area contributed by atoms with E-state index >= 15 is 0 Å². The van der Waals surface area contributed by atoms with E-state index in [2.05, 4.69) is 29.9 Å². The highest BCUT2D eigenvalue weighted by Crippen LogP contribution is 2.34. The average Bonchev–Trinajstić information content (AvgIpc) is 2.34. The Morgan fingerprint density at radius 1 is 1.37 bits per heavy atom. The molecule has 0 aromatic carbocycles. The van der Waals surface area contributed by atoms with Gasteiger partial charge in [0, 0.05) is 17.3 Å². The minimum Gasteiger partial charge on any atom is -0.478 e. The van der Waals surface area contributed by atoms with Crippen molar-refractivity contribution in [1.82, 2.24) is 9.97 Å². The Labute approximate surface area is 111 Å². The zero-order valence-electron chi connectivity index (χ0n) is 11.1. The summed E-state index contributed by atoms with van der Waals surface area (Å²) in [4.78, 5) is 19.7. The number of nitrogens with zero attached hydrogens (tertiary/aromatic N) is 2. The quantitative estimate of drug-likeness (QED) is 0.852. The van der Waals surface area contributed by atoms with Crippen molar-refractivity contribution >= 4 is 17.0 Å². The Morgan fingerprint density at radius 3 is 2.89 bits per heavy atom. The maximum atomic E-state index is 11.0. The number of aromatic carboxylic acids is 1. The lowest BCUT2D eigenvalue weighted by Gasteiger charge is -2.30. The summed E-state index contributed by atoms with van der Waals surface area (Å²) in [5.74, 6) is -0.951. The van der Waals surface area contributed by atoms with Crippen molar-refractivity contribution in [3.63, 3.8) is 0 Å². The lowest BCUT2D eigenvalue weighted by molar-refractivity contribution is 0.0696. The van der Waals surface area contributed by atoms with E-state index in [1.54, 1.807) is 6.07 Å². The number of hydrogen-bond donors (Lipinski definition) is 1. The van der Waals surface area contributed by atoms with Gasteiger partial charge in [-0.2, -0.15) is 0 Å². The second kappa shape index (κ2) is 4.02. The van der Waals surface area contributed by atoms with Crippen molar-refractivity contribution < 1.29 is 9.90 Å². The SMILES string of the molecule is CC1(C)CCc2nc3ncc(C(=O)O)cc3cc2C1. The number of aromatic nitrogens is 2. The van der Waals surface area contributed by atoms with Crippen LogP contribution in [-0.2, 0) is 12.8 Å². The summed E-state index contributed by atoms with van der Waals surface area (Å²) in [6.45, 7) is 4.51. The van der Waals surface area contributed by atoms with Crippen LogP contribution in [0.2, 0.25) is 0 Å². The summed E-state index contributed by atoms with van der Waals surface area (Å²) in [7, 11) is 0. The highest BCUT2D eigenvalue weighted by Gasteiger charge is 2.26. The predicted octanol–water partition coefficient (Wildman–Crippen LogP) is 2.84. The summed E-state index contributed by atoms with van der Waals surface area (Å²) in [6.07, 6.45) is 4.46. The number of hydrogen-bond acceptors (Lipinski definition) is 3. The molecule has 0 saturated carbocycles. The molecule has 0 atom stereocenters. The Kier molecular flexibility index (Phi) is 2.55. The Hall–Kier alpha value is -1.97. The second-order valence-electron chi connectivity index (χ2n) is 6.01. The predicted molar refractivity (Wildman–Crippen MR) is 72.3 cm³/mol. The van der Waals surface area contributed by atoms with Gasteiger partial charge in [-0.15, -0.1) is 0 Å². The van der Waals surface area contributed by atoms with Gasteiger partial charge in [0.2, 0.25) is 0 Å². The largest absolute Gasteiger partial charge is 0.478 e. The molecule has 0 fully saturated rings. The number of pyridine rings is 2. The van der Waals surface area contributed by atoms with E-state index in [4.69, 9.17) is 5.11 Å². The van der Waals surface area contributed by atoms with Crippen LogP contribution in [0.1, 0.15) is 41.9 Å². The first-order valence-corrected chi connectivity index (χ1v) is 6.46. The van der Waals surface area contributed by atoms with Crippen molar-refractivity contribution in [2.75, 3.05) is 0 Å². The van der Waals surface area contributed by atoms with Gasteiger partial charge in [-0.3, -0.25) is 0 Å². The van der Waals surface area contributed by atoms with Crippen molar-refractivity contribution in [2.45, 2.75) is 33.1 Å². The fourth-order valence-electron chi connectivity index (χ4n) is 2.69. The van der Waals surface area contributed by atoms with Gasteiger partial charge in [0.15, 0.2) is 5.65 Å². The van der Waals surface area contributed by atoms with E-state index in [-0.39, 0.29) is 5.56 Å². The number of carboxylic acids is 1. The van der Waals surface area contributed by atoms with Gasteiger partial charge in [-0.25, -0.2) is 14.8 Å². The number of aryl methyl sites for hydroxylation is 1. The minimum atomic E-state index is -0.951. The van der Waals surface area contributed by atoms with Gasteiger partial charge in [-0.1, -0.05) is 13.8 Å². The van der Waals surface area contributed by atoms with Crippen LogP contribution in [0.5, 0.6) is 0 Å². The van der Waals surface area contributed by atoms with Gasteiger partial charge < -0.3 is 5.11 Å². The molecule has 1 aliphatic rings. The molecule has 2 aromatic heterocycles. The van der Waals surface area contributed by atoms with E-state index in [0.29, 0.717) is 11.1 Å². The Balaban J connectivity index is 2.14. The van der Waals surface area contributed by atoms with Gasteiger partial charge in [0.25, 0.3) is 0 Å². The maximum absolute atomic E-state index is 11.0. The zero-order chi connectivity index (χ0) is 13.6. The molecular formula is C15H16N2O2. The maximum Gasteiger partial charge on any atom is 0.337 e. The molecule has 0 unspecified atom stereocenters. The third kappa shape index (κ3) is 2.18. The normalized spacial score (nSPS) is 17.2. The van der Waals surface area contributed by atoms with Crippen LogP contribution in [0.4, 0.5) is 0 Å². The average molecular weight is 256 g/mol. The minimum absolute atomic E-state index is 0.212. The molecule has 1 aliphatic carbocycles. The highest BCUT2D eigenvalue weighted by molar-refractivity contribution is 5.91. The molecule has 2 aromatic rings. The zero-order valence-corrected chi connectivity index (χ0v) is 11.1. The fraction of sp³-hybridized carbons (Fsp3) is 0.400. The number of carboxylic acid groups (broad SMARTS) is 1. The van der Waals surface area contributed by atoms with Crippen molar-refractivity contribution in [2.24, 2.45) is 5.41 Å². The van der Waals surface area contributed by atoms with Gasteiger partial charge in [-0.05, 0) is 42.4 Å². The first-order valence-electron chi connectivity index (χ1n) is 6.46. The lowest BCUT2D eigenvalue weighted by atomic mass is 9.76. The van der Waals surface area contributed by atoms with Crippen LogP contribution in [0.3, 0.4) is 0 Å². The monoisotopic (exact) mass is 256 g/mol. The fourth-order valence-corrected chi connectivity index (χ4v) is 2.69. The molecule has 0 radical (unpaired) electrons. The molecule has 98 valence electrons. The number of rotatable bonds is 1. The van der Waals surface area contributed by atoms with E-state index in [1.165, 1.54) is 11.8 Å². The first-order chi connectivity index (χ1) is 8.94. The van der Waals surface area contributed by atoms with Crippen LogP contribution in [0, 0.1) is 5.41 Å².